The van der Waals surface area contributed by atoms with Crippen LogP contribution < -0.4 is 10.5 Å². The molecule has 0 amide bonds. The lowest BCUT2D eigenvalue weighted by Gasteiger charge is -2.13. The average Bonchev–Trinajstić information content (AvgIpc) is 2.87. The quantitative estimate of drug-likeness (QED) is 0.669. The summed E-state index contributed by atoms with van der Waals surface area (Å²) in [5.41, 5.74) is 7.29. The van der Waals surface area contributed by atoms with Crippen LogP contribution in [0.2, 0.25) is 0 Å². The minimum absolute atomic E-state index is 0.0249. The Hall–Kier alpha value is -2.41. The van der Waals surface area contributed by atoms with Crippen LogP contribution in [0.1, 0.15) is 18.7 Å². The first-order chi connectivity index (χ1) is 9.04. The molecule has 19 heavy (non-hydrogen) atoms. The van der Waals surface area contributed by atoms with E-state index in [1.54, 1.807) is 23.2 Å². The molecule has 7 nitrogen and oxygen atoms in total. The zero-order valence-corrected chi connectivity index (χ0v) is 10.6. The van der Waals surface area contributed by atoms with Crippen molar-refractivity contribution < 1.29 is 9.66 Å². The van der Waals surface area contributed by atoms with E-state index in [0.717, 1.165) is 5.69 Å². The number of nitrogens with two attached hydrogens (primary N) is 1. The van der Waals surface area contributed by atoms with Crippen molar-refractivity contribution in [1.82, 2.24) is 9.55 Å². The Kier molecular flexibility index (Phi) is 3.48. The van der Waals surface area contributed by atoms with Crippen LogP contribution in [-0.2, 0) is 0 Å². The minimum atomic E-state index is -0.466. The van der Waals surface area contributed by atoms with Crippen molar-refractivity contribution in [3.05, 3.63) is 46.5 Å². The van der Waals surface area contributed by atoms with Crippen LogP contribution in [0.4, 0.5) is 5.69 Å². The topological polar surface area (TPSA) is 96.2 Å². The van der Waals surface area contributed by atoms with Crippen molar-refractivity contribution in [1.29, 1.82) is 0 Å². The van der Waals surface area contributed by atoms with Gasteiger partial charge in [-0.05, 0) is 13.0 Å². The lowest BCUT2D eigenvalue weighted by atomic mass is 10.2. The monoisotopic (exact) mass is 262 g/mol. The SMILES string of the molecule is COc1cc([N+](=O)[O-])ccc1-n1cncc1[C@@H](C)N. The van der Waals surface area contributed by atoms with Gasteiger partial charge < -0.3 is 10.5 Å². The molecule has 0 fully saturated rings. The number of nitro groups is 1. The number of aromatic nitrogens is 2. The maximum Gasteiger partial charge on any atom is 0.273 e. The number of hydrogen-bond acceptors (Lipinski definition) is 5. The summed E-state index contributed by atoms with van der Waals surface area (Å²) < 4.78 is 6.96. The molecule has 0 radical (unpaired) electrons. The molecule has 0 saturated heterocycles. The Morgan fingerprint density at radius 3 is 2.84 bits per heavy atom. The van der Waals surface area contributed by atoms with Crippen LogP contribution >= 0.6 is 0 Å². The summed E-state index contributed by atoms with van der Waals surface area (Å²) in [6, 6.07) is 4.20. The van der Waals surface area contributed by atoms with Gasteiger partial charge in [0.25, 0.3) is 5.69 Å². The standard InChI is InChI=1S/C12H14N4O3/c1-8(13)11-6-14-7-15(11)10-4-3-9(16(17)18)5-12(10)19-2/h3-8H,13H2,1-2H3/t8-/m1/s1. The van der Waals surface area contributed by atoms with Gasteiger partial charge in [0.15, 0.2) is 0 Å². The largest absolute Gasteiger partial charge is 0.494 e. The second-order valence-corrected chi connectivity index (χ2v) is 4.09. The summed E-state index contributed by atoms with van der Waals surface area (Å²) >= 11 is 0. The Balaban J connectivity index is 2.56. The van der Waals surface area contributed by atoms with E-state index >= 15 is 0 Å². The van der Waals surface area contributed by atoms with E-state index in [-0.39, 0.29) is 11.7 Å². The smallest absolute Gasteiger partial charge is 0.273 e. The first kappa shape index (κ1) is 13.0. The predicted octanol–water partition coefficient (Wildman–Crippen LogP) is 1.81. The van der Waals surface area contributed by atoms with Crippen LogP contribution in [0.5, 0.6) is 5.75 Å². The van der Waals surface area contributed by atoms with Gasteiger partial charge in [0, 0.05) is 12.1 Å². The number of hydrogen-bond donors (Lipinski definition) is 1. The number of imidazole rings is 1. The minimum Gasteiger partial charge on any atom is -0.494 e. The summed E-state index contributed by atoms with van der Waals surface area (Å²) in [7, 11) is 1.46. The second kappa shape index (κ2) is 5.07. The van der Waals surface area contributed by atoms with E-state index in [9.17, 15) is 10.1 Å². The molecule has 0 aliphatic carbocycles. The van der Waals surface area contributed by atoms with Crippen molar-refractivity contribution >= 4 is 5.69 Å². The lowest BCUT2D eigenvalue weighted by molar-refractivity contribution is -0.384. The Labute approximate surface area is 109 Å². The van der Waals surface area contributed by atoms with Crippen molar-refractivity contribution in [2.45, 2.75) is 13.0 Å². The van der Waals surface area contributed by atoms with E-state index < -0.39 is 4.92 Å². The molecule has 1 heterocycles. The summed E-state index contributed by atoms with van der Waals surface area (Å²) in [6.07, 6.45) is 3.26. The molecular formula is C12H14N4O3. The summed E-state index contributed by atoms with van der Waals surface area (Å²) in [6.45, 7) is 1.84. The third-order valence-corrected chi connectivity index (χ3v) is 2.77. The highest BCUT2D eigenvalue weighted by atomic mass is 16.6. The molecule has 2 N–H and O–H groups in total. The molecule has 0 aliphatic heterocycles. The van der Waals surface area contributed by atoms with Gasteiger partial charge in [0.05, 0.1) is 42.0 Å². The third-order valence-electron chi connectivity index (χ3n) is 2.77. The maximum absolute atomic E-state index is 10.8. The molecule has 7 heteroatoms. The first-order valence-electron chi connectivity index (χ1n) is 5.65. The number of nitrogens with zero attached hydrogens (tertiary/aromatic N) is 3. The number of nitro benzene ring substituents is 1. The number of methoxy groups -OCH3 is 1. The fourth-order valence-corrected chi connectivity index (χ4v) is 1.82. The summed E-state index contributed by atoms with van der Waals surface area (Å²) in [5.74, 6) is 0.397. The molecule has 0 saturated carbocycles. The van der Waals surface area contributed by atoms with Crippen LogP contribution in [0, 0.1) is 10.1 Å². The number of rotatable bonds is 4. The highest BCUT2D eigenvalue weighted by Crippen LogP contribution is 2.29. The van der Waals surface area contributed by atoms with E-state index in [2.05, 4.69) is 4.98 Å². The normalized spacial score (nSPS) is 12.2. The van der Waals surface area contributed by atoms with Crippen molar-refractivity contribution in [2.24, 2.45) is 5.73 Å². The lowest BCUT2D eigenvalue weighted by Crippen LogP contribution is -2.11. The fraction of sp³-hybridized carbons (Fsp3) is 0.250. The molecular weight excluding hydrogens is 248 g/mol. The van der Waals surface area contributed by atoms with E-state index in [0.29, 0.717) is 11.4 Å². The fourth-order valence-electron chi connectivity index (χ4n) is 1.82. The zero-order valence-electron chi connectivity index (χ0n) is 10.6. The molecule has 0 aliphatic rings. The second-order valence-electron chi connectivity index (χ2n) is 4.09. The van der Waals surface area contributed by atoms with Crippen LogP contribution in [0.25, 0.3) is 5.69 Å². The highest BCUT2D eigenvalue weighted by molar-refractivity contribution is 5.54. The van der Waals surface area contributed by atoms with Gasteiger partial charge in [-0.2, -0.15) is 0 Å². The van der Waals surface area contributed by atoms with Crippen LogP contribution in [-0.4, -0.2) is 21.6 Å². The van der Waals surface area contributed by atoms with Crippen molar-refractivity contribution in [3.63, 3.8) is 0 Å². The molecule has 1 aromatic heterocycles. The highest BCUT2D eigenvalue weighted by Gasteiger charge is 2.15. The van der Waals surface area contributed by atoms with Gasteiger partial charge >= 0.3 is 0 Å². The van der Waals surface area contributed by atoms with Crippen molar-refractivity contribution in [2.75, 3.05) is 7.11 Å². The number of ether oxygens (including phenoxy) is 1. The molecule has 0 unspecified atom stereocenters. The summed E-state index contributed by atoms with van der Waals surface area (Å²) in [4.78, 5) is 14.3. The molecule has 100 valence electrons. The van der Waals surface area contributed by atoms with E-state index in [1.165, 1.54) is 19.2 Å². The molecule has 2 aromatic rings. The van der Waals surface area contributed by atoms with Gasteiger partial charge in [-0.3, -0.25) is 14.7 Å². The van der Waals surface area contributed by atoms with Gasteiger partial charge in [-0.15, -0.1) is 0 Å². The Bertz CT molecular complexity index is 607. The summed E-state index contributed by atoms with van der Waals surface area (Å²) in [5, 5.41) is 10.8. The molecule has 0 spiro atoms. The van der Waals surface area contributed by atoms with E-state index in [1.807, 2.05) is 6.92 Å². The van der Waals surface area contributed by atoms with Gasteiger partial charge in [-0.1, -0.05) is 0 Å². The van der Waals surface area contributed by atoms with Crippen LogP contribution in [0.15, 0.2) is 30.7 Å². The number of benzene rings is 1. The Morgan fingerprint density at radius 2 is 2.26 bits per heavy atom. The molecule has 2 rings (SSSR count). The van der Waals surface area contributed by atoms with Gasteiger partial charge in [0.2, 0.25) is 0 Å². The average molecular weight is 262 g/mol. The van der Waals surface area contributed by atoms with Crippen molar-refractivity contribution in [3.8, 4) is 11.4 Å². The third kappa shape index (κ3) is 2.41. The Morgan fingerprint density at radius 1 is 1.53 bits per heavy atom. The molecule has 1 atom stereocenters. The molecule has 1 aromatic carbocycles. The zero-order chi connectivity index (χ0) is 14.0. The first-order valence-corrected chi connectivity index (χ1v) is 5.65. The molecule has 0 bridgehead atoms. The van der Waals surface area contributed by atoms with Gasteiger partial charge in [0.1, 0.15) is 5.75 Å². The van der Waals surface area contributed by atoms with Gasteiger partial charge in [-0.25, -0.2) is 4.98 Å². The van der Waals surface area contributed by atoms with Crippen LogP contribution in [0.3, 0.4) is 0 Å². The number of non-ortho nitro benzene ring substituents is 1. The van der Waals surface area contributed by atoms with E-state index in [4.69, 9.17) is 10.5 Å². The maximum atomic E-state index is 10.8. The predicted molar refractivity (Wildman–Crippen MR) is 69.4 cm³/mol.